The Kier molecular flexibility index (Phi) is 3.71. The second-order valence-corrected chi connectivity index (χ2v) is 2.89. The first-order valence-corrected chi connectivity index (χ1v) is 3.37. The van der Waals surface area contributed by atoms with Gasteiger partial charge in [0.2, 0.25) is 6.08 Å². The van der Waals surface area contributed by atoms with Gasteiger partial charge in [0.1, 0.15) is 0 Å². The minimum Gasteiger partial charge on any atom is -0.516 e. The van der Waals surface area contributed by atoms with Crippen LogP contribution in [0, 0.1) is 5.41 Å². The molecule has 0 aliphatic carbocycles. The average molecular weight is 170 g/mol. The van der Waals surface area contributed by atoms with Crippen molar-refractivity contribution in [2.45, 2.75) is 13.8 Å². The highest BCUT2D eigenvalue weighted by atomic mass is 28.2. The van der Waals surface area contributed by atoms with E-state index >= 15 is 0 Å². The highest BCUT2D eigenvalue weighted by Gasteiger charge is 2.27. The lowest BCUT2D eigenvalue weighted by molar-refractivity contribution is -0.142. The first-order chi connectivity index (χ1) is 5.04. The Morgan fingerprint density at radius 2 is 2.27 bits per heavy atom. The molecule has 0 aromatic rings. The molecule has 59 valence electrons. The smallest absolute Gasteiger partial charge is 0.345 e. The molecule has 11 heavy (non-hydrogen) atoms. The first-order valence-electron chi connectivity index (χ1n) is 2.96. The fraction of sp³-hybridized carbons (Fsp3) is 0.667. The molecule has 0 N–H and O–H groups in total. The number of rotatable bonds is 3. The van der Waals surface area contributed by atoms with Gasteiger partial charge in [-0.05, 0) is 13.8 Å². The number of nitrogens with zero attached hydrogens (tertiary/aromatic N) is 1. The van der Waals surface area contributed by atoms with Crippen molar-refractivity contribution in [1.29, 1.82) is 0 Å². The molecule has 0 aliphatic heterocycles. The molecule has 0 aliphatic rings. The lowest BCUT2D eigenvalue weighted by atomic mass is 9.94. The third-order valence-corrected chi connectivity index (χ3v) is 1.37. The van der Waals surface area contributed by atoms with Crippen LogP contribution in [0.5, 0.6) is 0 Å². The Hall–Kier alpha value is -0.933. The number of hydrogen-bond acceptors (Lipinski definition) is 4. The molecule has 5 heteroatoms. The van der Waals surface area contributed by atoms with Gasteiger partial charge in [0.05, 0.1) is 12.0 Å². The van der Waals surface area contributed by atoms with E-state index in [1.54, 1.807) is 13.8 Å². The van der Waals surface area contributed by atoms with Gasteiger partial charge in [-0.15, -0.1) is 0 Å². The van der Waals surface area contributed by atoms with Crippen LogP contribution >= 0.6 is 0 Å². The molecule has 0 heterocycles. The SMILES string of the molecule is CC(C)(CN=C=O)C(=O)O[Si]. The van der Waals surface area contributed by atoms with Crippen LogP contribution in [0.1, 0.15) is 13.8 Å². The van der Waals surface area contributed by atoms with E-state index in [1.165, 1.54) is 6.08 Å². The lowest BCUT2D eigenvalue weighted by Crippen LogP contribution is -2.28. The van der Waals surface area contributed by atoms with Crippen LogP contribution in [0.4, 0.5) is 0 Å². The van der Waals surface area contributed by atoms with Crippen molar-refractivity contribution in [3.05, 3.63) is 0 Å². The summed E-state index contributed by atoms with van der Waals surface area (Å²) in [5, 5.41) is 0. The molecule has 0 saturated heterocycles. The maximum Gasteiger partial charge on any atom is 0.345 e. The van der Waals surface area contributed by atoms with Crippen molar-refractivity contribution < 1.29 is 14.0 Å². The number of carbonyl (C=O) groups excluding carboxylic acids is 2. The summed E-state index contributed by atoms with van der Waals surface area (Å²) in [7, 11) is 2.60. The van der Waals surface area contributed by atoms with E-state index < -0.39 is 11.4 Å². The minimum atomic E-state index is -0.779. The fourth-order valence-electron chi connectivity index (χ4n) is 0.433. The molecule has 3 radical (unpaired) electrons. The maximum atomic E-state index is 10.9. The summed E-state index contributed by atoms with van der Waals surface area (Å²) < 4.78 is 4.29. The van der Waals surface area contributed by atoms with Gasteiger partial charge in [-0.3, -0.25) is 4.79 Å². The molecule has 0 atom stereocenters. The van der Waals surface area contributed by atoms with Crippen LogP contribution in [0.2, 0.25) is 0 Å². The summed E-state index contributed by atoms with van der Waals surface area (Å²) in [6.07, 6.45) is 1.35. The normalized spacial score (nSPS) is 10.1. The summed E-state index contributed by atoms with van der Waals surface area (Å²) in [6.45, 7) is 3.33. The quantitative estimate of drug-likeness (QED) is 0.339. The molecular formula is C6H8NO3Si. The van der Waals surface area contributed by atoms with Crippen molar-refractivity contribution in [3.8, 4) is 0 Å². The highest BCUT2D eigenvalue weighted by molar-refractivity contribution is 6.06. The van der Waals surface area contributed by atoms with Crippen LogP contribution in [0.25, 0.3) is 0 Å². The van der Waals surface area contributed by atoms with Crippen molar-refractivity contribution in [2.24, 2.45) is 10.4 Å². The Balaban J connectivity index is 4.20. The van der Waals surface area contributed by atoms with Crippen molar-refractivity contribution in [1.82, 2.24) is 0 Å². The number of hydrogen-bond donors (Lipinski definition) is 0. The first kappa shape index (κ1) is 10.1. The van der Waals surface area contributed by atoms with Crippen molar-refractivity contribution in [3.63, 3.8) is 0 Å². The Morgan fingerprint density at radius 3 is 2.64 bits per heavy atom. The topological polar surface area (TPSA) is 55.7 Å². The predicted octanol–water partition coefficient (Wildman–Crippen LogP) is -0.0249. The largest absolute Gasteiger partial charge is 0.516 e. The van der Waals surface area contributed by atoms with E-state index in [9.17, 15) is 9.59 Å². The number of carbonyl (C=O) groups is 1. The van der Waals surface area contributed by atoms with E-state index in [2.05, 4.69) is 19.9 Å². The van der Waals surface area contributed by atoms with Crippen LogP contribution in [0.3, 0.4) is 0 Å². The Morgan fingerprint density at radius 1 is 1.73 bits per heavy atom. The zero-order chi connectivity index (χ0) is 8.91. The van der Waals surface area contributed by atoms with E-state index in [0.717, 1.165) is 0 Å². The van der Waals surface area contributed by atoms with Gasteiger partial charge >= 0.3 is 10.5 Å². The van der Waals surface area contributed by atoms with Gasteiger partial charge < -0.3 is 4.43 Å². The molecule has 0 aromatic carbocycles. The molecule has 0 unspecified atom stereocenters. The summed E-state index contributed by atoms with van der Waals surface area (Å²) in [5.41, 5.74) is -0.779. The zero-order valence-corrected chi connectivity index (χ0v) is 7.38. The highest BCUT2D eigenvalue weighted by Crippen LogP contribution is 2.16. The third-order valence-electron chi connectivity index (χ3n) is 1.18. The van der Waals surface area contributed by atoms with Crippen LogP contribution in [0.15, 0.2) is 4.99 Å². The molecule has 0 spiro atoms. The monoisotopic (exact) mass is 170 g/mol. The van der Waals surface area contributed by atoms with Gasteiger partial charge in [-0.25, -0.2) is 9.79 Å². The third kappa shape index (κ3) is 3.11. The molecule has 0 bridgehead atoms. The molecule has 4 nitrogen and oxygen atoms in total. The molecular weight excluding hydrogens is 162 g/mol. The van der Waals surface area contributed by atoms with Gasteiger partial charge in [-0.1, -0.05) is 0 Å². The van der Waals surface area contributed by atoms with E-state index in [-0.39, 0.29) is 6.54 Å². The summed E-state index contributed by atoms with van der Waals surface area (Å²) in [5.74, 6) is -0.465. The average Bonchev–Trinajstić information content (AvgIpc) is 1.99. The molecule has 0 aromatic heterocycles. The number of isocyanates is 1. The fourth-order valence-corrected chi connectivity index (χ4v) is 0.709. The maximum absolute atomic E-state index is 10.9. The Labute approximate surface area is 68.2 Å². The van der Waals surface area contributed by atoms with Crippen LogP contribution in [-0.4, -0.2) is 29.1 Å². The van der Waals surface area contributed by atoms with Crippen LogP contribution < -0.4 is 0 Å². The van der Waals surface area contributed by atoms with Gasteiger partial charge in [0.25, 0.3) is 5.97 Å². The molecule has 0 saturated carbocycles. The predicted molar refractivity (Wildman–Crippen MR) is 38.6 cm³/mol. The minimum absolute atomic E-state index is 0.0831. The molecule has 0 fully saturated rings. The van der Waals surface area contributed by atoms with E-state index in [1.807, 2.05) is 0 Å². The second-order valence-electron chi connectivity index (χ2n) is 2.68. The number of aliphatic imine (C=N–C) groups is 1. The lowest BCUT2D eigenvalue weighted by Gasteiger charge is -2.17. The van der Waals surface area contributed by atoms with Crippen LogP contribution in [-0.2, 0) is 14.0 Å². The van der Waals surface area contributed by atoms with E-state index in [0.29, 0.717) is 0 Å². The van der Waals surface area contributed by atoms with Gasteiger partial charge in [0.15, 0.2) is 0 Å². The Bertz CT molecular complexity index is 196. The standard InChI is InChI=1S/C6H8NO3Si/c1-6(2,3-7-4-8)5(9)10-11/h3H2,1-2H3. The second kappa shape index (κ2) is 4.05. The van der Waals surface area contributed by atoms with Crippen molar-refractivity contribution in [2.75, 3.05) is 6.54 Å². The van der Waals surface area contributed by atoms with Gasteiger partial charge in [-0.2, -0.15) is 0 Å². The van der Waals surface area contributed by atoms with Gasteiger partial charge in [0, 0.05) is 0 Å². The zero-order valence-electron chi connectivity index (χ0n) is 6.38. The van der Waals surface area contributed by atoms with E-state index in [4.69, 9.17) is 0 Å². The van der Waals surface area contributed by atoms with Crippen molar-refractivity contribution >= 4 is 22.5 Å². The summed E-state index contributed by atoms with van der Waals surface area (Å²) in [6, 6.07) is 0. The molecule has 0 rings (SSSR count). The summed E-state index contributed by atoms with van der Waals surface area (Å²) in [4.78, 5) is 23.9. The molecule has 0 amide bonds. The summed E-state index contributed by atoms with van der Waals surface area (Å²) >= 11 is 0.